The summed E-state index contributed by atoms with van der Waals surface area (Å²) < 4.78 is 2.09. The first kappa shape index (κ1) is 16.1. The van der Waals surface area contributed by atoms with Crippen molar-refractivity contribution in [3.8, 4) is 0 Å². The van der Waals surface area contributed by atoms with Gasteiger partial charge in [-0.05, 0) is 18.4 Å². The van der Waals surface area contributed by atoms with Crippen LogP contribution in [0.15, 0.2) is 47.9 Å². The number of hydrogen-bond donors (Lipinski definition) is 1. The van der Waals surface area contributed by atoms with Crippen LogP contribution >= 0.6 is 11.8 Å². The molecule has 0 unspecified atom stereocenters. The molecule has 23 heavy (non-hydrogen) atoms. The SMILES string of the molecule is O=C(CSc1nccn1Cc1ccccc1)NC1CCCCC1. The predicted molar refractivity (Wildman–Crippen MR) is 93.5 cm³/mol. The predicted octanol–water partition coefficient (Wildman–Crippen LogP) is 3.47. The third-order valence-electron chi connectivity index (χ3n) is 4.18. The Morgan fingerprint density at radius 3 is 2.78 bits per heavy atom. The number of nitrogens with one attached hydrogen (secondary N) is 1. The summed E-state index contributed by atoms with van der Waals surface area (Å²) in [6, 6.07) is 10.7. The minimum atomic E-state index is 0.121. The van der Waals surface area contributed by atoms with Crippen molar-refractivity contribution >= 4 is 17.7 Å². The fourth-order valence-electron chi connectivity index (χ4n) is 2.98. The highest BCUT2D eigenvalue weighted by atomic mass is 32.2. The Hall–Kier alpha value is -1.75. The Balaban J connectivity index is 1.50. The van der Waals surface area contributed by atoms with Crippen LogP contribution in [-0.2, 0) is 11.3 Å². The molecule has 1 aromatic heterocycles. The van der Waals surface area contributed by atoms with E-state index in [1.54, 1.807) is 6.20 Å². The van der Waals surface area contributed by atoms with Gasteiger partial charge in [-0.2, -0.15) is 0 Å². The fourth-order valence-corrected chi connectivity index (χ4v) is 3.75. The number of nitrogens with zero attached hydrogens (tertiary/aromatic N) is 2. The maximum atomic E-state index is 12.1. The van der Waals surface area contributed by atoms with E-state index < -0.39 is 0 Å². The van der Waals surface area contributed by atoms with Crippen LogP contribution in [0.25, 0.3) is 0 Å². The van der Waals surface area contributed by atoms with Gasteiger partial charge in [0.05, 0.1) is 5.75 Å². The second kappa shape index (κ2) is 8.20. The zero-order chi connectivity index (χ0) is 15.9. The second-order valence-corrected chi connectivity index (χ2v) is 6.96. The van der Waals surface area contributed by atoms with E-state index >= 15 is 0 Å². The lowest BCUT2D eigenvalue weighted by Gasteiger charge is -2.22. The Morgan fingerprint density at radius 1 is 1.22 bits per heavy atom. The fraction of sp³-hybridized carbons (Fsp3) is 0.444. The van der Waals surface area contributed by atoms with Gasteiger partial charge in [0.15, 0.2) is 5.16 Å². The summed E-state index contributed by atoms with van der Waals surface area (Å²) in [4.78, 5) is 16.5. The molecule has 1 fully saturated rings. The van der Waals surface area contributed by atoms with Gasteiger partial charge in [-0.15, -0.1) is 0 Å². The third-order valence-corrected chi connectivity index (χ3v) is 5.18. The van der Waals surface area contributed by atoms with Crippen molar-refractivity contribution in [2.45, 2.75) is 49.8 Å². The van der Waals surface area contributed by atoms with Gasteiger partial charge in [0.1, 0.15) is 0 Å². The lowest BCUT2D eigenvalue weighted by Crippen LogP contribution is -2.37. The van der Waals surface area contributed by atoms with Gasteiger partial charge in [-0.3, -0.25) is 4.79 Å². The third kappa shape index (κ3) is 4.86. The molecular weight excluding hydrogens is 306 g/mol. The summed E-state index contributed by atoms with van der Waals surface area (Å²) in [5, 5.41) is 4.05. The summed E-state index contributed by atoms with van der Waals surface area (Å²) >= 11 is 1.51. The van der Waals surface area contributed by atoms with E-state index in [1.165, 1.54) is 36.6 Å². The maximum absolute atomic E-state index is 12.1. The number of carbonyl (C=O) groups excluding carboxylic acids is 1. The molecular formula is C18H23N3OS. The van der Waals surface area contributed by atoms with Crippen LogP contribution in [0.4, 0.5) is 0 Å². The Morgan fingerprint density at radius 2 is 2.00 bits per heavy atom. The minimum absolute atomic E-state index is 0.121. The molecule has 1 amide bonds. The molecule has 1 aromatic carbocycles. The smallest absolute Gasteiger partial charge is 0.230 e. The van der Waals surface area contributed by atoms with Crippen LogP contribution in [0.5, 0.6) is 0 Å². The van der Waals surface area contributed by atoms with E-state index in [0.717, 1.165) is 24.5 Å². The van der Waals surface area contributed by atoms with Gasteiger partial charge in [0.2, 0.25) is 5.91 Å². The Labute approximate surface area is 141 Å². The van der Waals surface area contributed by atoms with Crippen LogP contribution < -0.4 is 5.32 Å². The molecule has 2 aromatic rings. The Bertz CT molecular complexity index is 620. The molecule has 0 radical (unpaired) electrons. The van der Waals surface area contributed by atoms with Gasteiger partial charge >= 0.3 is 0 Å². The van der Waals surface area contributed by atoms with Crippen LogP contribution in [0.3, 0.4) is 0 Å². The van der Waals surface area contributed by atoms with Gasteiger partial charge in [0, 0.05) is 25.0 Å². The molecule has 1 saturated carbocycles. The summed E-state index contributed by atoms with van der Waals surface area (Å²) in [6.45, 7) is 0.785. The average molecular weight is 329 g/mol. The summed E-state index contributed by atoms with van der Waals surface area (Å²) in [6.07, 6.45) is 9.79. The van der Waals surface area contributed by atoms with E-state index in [9.17, 15) is 4.79 Å². The van der Waals surface area contributed by atoms with Crippen molar-refractivity contribution in [3.63, 3.8) is 0 Å². The zero-order valence-electron chi connectivity index (χ0n) is 13.3. The number of benzene rings is 1. The Kier molecular flexibility index (Phi) is 5.75. The van der Waals surface area contributed by atoms with Gasteiger partial charge in [-0.25, -0.2) is 4.98 Å². The lowest BCUT2D eigenvalue weighted by atomic mass is 9.95. The molecule has 0 atom stereocenters. The molecule has 1 aliphatic carbocycles. The summed E-state index contributed by atoms with van der Waals surface area (Å²) in [7, 11) is 0. The highest BCUT2D eigenvalue weighted by Gasteiger charge is 2.16. The summed E-state index contributed by atoms with van der Waals surface area (Å²) in [5.74, 6) is 0.554. The molecule has 1 aliphatic rings. The molecule has 3 rings (SSSR count). The number of amides is 1. The van der Waals surface area contributed by atoms with Crippen molar-refractivity contribution in [2.75, 3.05) is 5.75 Å². The molecule has 0 aliphatic heterocycles. The zero-order valence-corrected chi connectivity index (χ0v) is 14.1. The van der Waals surface area contributed by atoms with E-state index in [1.807, 2.05) is 24.4 Å². The van der Waals surface area contributed by atoms with Gasteiger partial charge < -0.3 is 9.88 Å². The van der Waals surface area contributed by atoms with Crippen LogP contribution in [0.2, 0.25) is 0 Å². The van der Waals surface area contributed by atoms with Crippen molar-refractivity contribution in [1.82, 2.24) is 14.9 Å². The van der Waals surface area contributed by atoms with E-state index in [-0.39, 0.29) is 5.91 Å². The monoisotopic (exact) mass is 329 g/mol. The van der Waals surface area contributed by atoms with E-state index in [0.29, 0.717) is 11.8 Å². The number of carbonyl (C=O) groups is 1. The lowest BCUT2D eigenvalue weighted by molar-refractivity contribution is -0.119. The van der Waals surface area contributed by atoms with Crippen molar-refractivity contribution in [1.29, 1.82) is 0 Å². The molecule has 5 heteroatoms. The van der Waals surface area contributed by atoms with Gasteiger partial charge in [-0.1, -0.05) is 61.4 Å². The second-order valence-electron chi connectivity index (χ2n) is 6.01. The van der Waals surface area contributed by atoms with E-state index in [4.69, 9.17) is 0 Å². The van der Waals surface area contributed by atoms with Crippen LogP contribution in [-0.4, -0.2) is 27.3 Å². The normalized spacial score (nSPS) is 15.5. The summed E-state index contributed by atoms with van der Waals surface area (Å²) in [5.41, 5.74) is 1.24. The largest absolute Gasteiger partial charge is 0.353 e. The number of aromatic nitrogens is 2. The minimum Gasteiger partial charge on any atom is -0.353 e. The molecule has 0 spiro atoms. The van der Waals surface area contributed by atoms with Gasteiger partial charge in [0.25, 0.3) is 0 Å². The topological polar surface area (TPSA) is 46.9 Å². The molecule has 0 saturated heterocycles. The van der Waals surface area contributed by atoms with Crippen LogP contribution in [0, 0.1) is 0 Å². The number of hydrogen-bond acceptors (Lipinski definition) is 3. The van der Waals surface area contributed by atoms with Crippen molar-refractivity contribution in [2.24, 2.45) is 0 Å². The molecule has 4 nitrogen and oxygen atoms in total. The van der Waals surface area contributed by atoms with Crippen LogP contribution in [0.1, 0.15) is 37.7 Å². The molecule has 1 N–H and O–H groups in total. The number of thioether (sulfide) groups is 1. The van der Waals surface area contributed by atoms with Crippen molar-refractivity contribution in [3.05, 3.63) is 48.3 Å². The van der Waals surface area contributed by atoms with Crippen molar-refractivity contribution < 1.29 is 4.79 Å². The average Bonchev–Trinajstić information content (AvgIpc) is 3.02. The van der Waals surface area contributed by atoms with E-state index in [2.05, 4.69) is 27.0 Å². The molecule has 1 heterocycles. The molecule has 0 bridgehead atoms. The number of rotatable bonds is 6. The highest BCUT2D eigenvalue weighted by Crippen LogP contribution is 2.19. The first-order valence-corrected chi connectivity index (χ1v) is 9.27. The number of imidazole rings is 1. The first-order valence-electron chi connectivity index (χ1n) is 8.28. The standard InChI is InChI=1S/C18H23N3OS/c22-17(20-16-9-5-2-6-10-16)14-23-18-19-11-12-21(18)13-15-7-3-1-4-8-15/h1,3-4,7-8,11-12,16H,2,5-6,9-10,13-14H2,(H,20,22). The maximum Gasteiger partial charge on any atom is 0.230 e. The quantitative estimate of drug-likeness (QED) is 0.826. The molecule has 122 valence electrons. The highest BCUT2D eigenvalue weighted by molar-refractivity contribution is 7.99. The first-order chi connectivity index (χ1) is 11.3.